The molecule has 2 aromatic heterocycles. The van der Waals surface area contributed by atoms with Crippen LogP contribution in [0.25, 0.3) is 0 Å². The Morgan fingerprint density at radius 1 is 1.41 bits per heavy atom. The van der Waals surface area contributed by atoms with E-state index < -0.39 is 0 Å². The van der Waals surface area contributed by atoms with Crippen molar-refractivity contribution in [3.05, 3.63) is 34.6 Å². The molecule has 0 fully saturated rings. The molecule has 0 spiro atoms. The highest BCUT2D eigenvalue weighted by Crippen LogP contribution is 2.23. The molecule has 7 heteroatoms. The maximum Gasteiger partial charge on any atom is 0.153 e. The third-order valence-electron chi connectivity index (χ3n) is 2.35. The second-order valence-electron chi connectivity index (χ2n) is 3.49. The first-order chi connectivity index (χ1) is 8.24. The van der Waals surface area contributed by atoms with Gasteiger partial charge >= 0.3 is 0 Å². The first-order valence-corrected chi connectivity index (χ1v) is 6.08. The number of rotatable bonds is 4. The summed E-state index contributed by atoms with van der Waals surface area (Å²) < 4.78 is 2.42. The number of halogens is 1. The van der Waals surface area contributed by atoms with Gasteiger partial charge in [-0.25, -0.2) is 14.6 Å². The lowest BCUT2D eigenvalue weighted by molar-refractivity contribution is 0.544. The molecule has 0 aliphatic heterocycles. The third-order valence-corrected chi connectivity index (χ3v) is 2.92. The van der Waals surface area contributed by atoms with Crippen molar-refractivity contribution >= 4 is 15.9 Å². The highest BCUT2D eigenvalue weighted by molar-refractivity contribution is 9.10. The van der Waals surface area contributed by atoms with Crippen molar-refractivity contribution in [1.82, 2.24) is 30.3 Å². The molecule has 2 heterocycles. The largest absolute Gasteiger partial charge is 0.303 e. The smallest absolute Gasteiger partial charge is 0.153 e. The van der Waals surface area contributed by atoms with Crippen LogP contribution in [0.15, 0.2) is 23.1 Å². The zero-order chi connectivity index (χ0) is 12.3. The Hall–Kier alpha value is -1.34. The zero-order valence-electron chi connectivity index (χ0n) is 9.63. The normalized spacial score (nSPS) is 12.6. The Morgan fingerprint density at radius 3 is 2.65 bits per heavy atom. The van der Waals surface area contributed by atoms with Crippen LogP contribution in [-0.4, -0.2) is 31.5 Å². The van der Waals surface area contributed by atoms with Gasteiger partial charge in [-0.3, -0.25) is 0 Å². The molecule has 1 N–H and O–H groups in total. The van der Waals surface area contributed by atoms with Crippen molar-refractivity contribution < 1.29 is 0 Å². The van der Waals surface area contributed by atoms with Gasteiger partial charge in [0.05, 0.1) is 5.69 Å². The van der Waals surface area contributed by atoms with Gasteiger partial charge in [-0.15, -0.1) is 5.10 Å². The number of nitrogens with one attached hydrogen (secondary N) is 1. The lowest BCUT2D eigenvalue weighted by Gasteiger charge is -2.16. The fourth-order valence-corrected chi connectivity index (χ4v) is 2.18. The van der Waals surface area contributed by atoms with Gasteiger partial charge in [0.25, 0.3) is 0 Å². The van der Waals surface area contributed by atoms with E-state index in [0.29, 0.717) is 10.4 Å². The van der Waals surface area contributed by atoms with E-state index in [1.54, 1.807) is 23.1 Å². The van der Waals surface area contributed by atoms with Crippen molar-refractivity contribution in [1.29, 1.82) is 0 Å². The van der Waals surface area contributed by atoms with Gasteiger partial charge in [-0.05, 0) is 28.5 Å². The SMILES string of the molecule is CCNC(c1ncccn1)c1c(Br)nnn1C. The highest BCUT2D eigenvalue weighted by Gasteiger charge is 2.23. The summed E-state index contributed by atoms with van der Waals surface area (Å²) in [5.41, 5.74) is 0.915. The molecule has 6 nitrogen and oxygen atoms in total. The average Bonchev–Trinajstić information content (AvgIpc) is 2.68. The fraction of sp³-hybridized carbons (Fsp3) is 0.400. The second-order valence-corrected chi connectivity index (χ2v) is 4.24. The van der Waals surface area contributed by atoms with E-state index in [-0.39, 0.29) is 6.04 Å². The molecule has 0 bridgehead atoms. The van der Waals surface area contributed by atoms with Crippen LogP contribution in [0, 0.1) is 0 Å². The molecular formula is C10H13BrN6. The molecule has 90 valence electrons. The Balaban J connectivity index is 2.43. The molecule has 0 aliphatic rings. The number of hydrogen-bond donors (Lipinski definition) is 1. The lowest BCUT2D eigenvalue weighted by Crippen LogP contribution is -2.26. The summed E-state index contributed by atoms with van der Waals surface area (Å²) in [6.07, 6.45) is 3.45. The van der Waals surface area contributed by atoms with E-state index >= 15 is 0 Å². The summed E-state index contributed by atoms with van der Waals surface area (Å²) in [4.78, 5) is 8.55. The molecule has 0 radical (unpaired) electrons. The van der Waals surface area contributed by atoms with Gasteiger partial charge in [-0.2, -0.15) is 0 Å². The molecule has 1 atom stereocenters. The average molecular weight is 297 g/mol. The molecule has 2 rings (SSSR count). The standard InChI is InChI=1S/C10H13BrN6/c1-3-12-7(10-13-5-4-6-14-10)8-9(11)15-16-17(8)2/h4-7,12H,3H2,1-2H3. The van der Waals surface area contributed by atoms with Crippen LogP contribution in [0.4, 0.5) is 0 Å². The second kappa shape index (κ2) is 5.33. The molecule has 0 aliphatic carbocycles. The zero-order valence-corrected chi connectivity index (χ0v) is 11.2. The highest BCUT2D eigenvalue weighted by atomic mass is 79.9. The van der Waals surface area contributed by atoms with E-state index in [4.69, 9.17) is 0 Å². The van der Waals surface area contributed by atoms with Gasteiger partial charge in [-0.1, -0.05) is 12.1 Å². The van der Waals surface area contributed by atoms with E-state index in [1.807, 2.05) is 14.0 Å². The van der Waals surface area contributed by atoms with Crippen LogP contribution in [0.2, 0.25) is 0 Å². The van der Waals surface area contributed by atoms with Crippen LogP contribution >= 0.6 is 15.9 Å². The fourth-order valence-electron chi connectivity index (χ4n) is 1.62. The predicted molar refractivity (Wildman–Crippen MR) is 66.3 cm³/mol. The monoisotopic (exact) mass is 296 g/mol. The summed E-state index contributed by atoms with van der Waals surface area (Å²) in [6.45, 7) is 2.84. The summed E-state index contributed by atoms with van der Waals surface area (Å²) in [5.74, 6) is 0.709. The van der Waals surface area contributed by atoms with E-state index in [1.165, 1.54) is 0 Å². The topological polar surface area (TPSA) is 68.5 Å². The van der Waals surface area contributed by atoms with Crippen LogP contribution in [0.3, 0.4) is 0 Å². The minimum Gasteiger partial charge on any atom is -0.303 e. The van der Waals surface area contributed by atoms with Crippen molar-refractivity contribution in [3.8, 4) is 0 Å². The van der Waals surface area contributed by atoms with Gasteiger partial charge < -0.3 is 5.32 Å². The van der Waals surface area contributed by atoms with Crippen molar-refractivity contribution in [3.63, 3.8) is 0 Å². The van der Waals surface area contributed by atoms with Crippen LogP contribution in [0.5, 0.6) is 0 Å². The number of nitrogens with zero attached hydrogens (tertiary/aromatic N) is 5. The summed E-state index contributed by atoms with van der Waals surface area (Å²) in [5, 5.41) is 11.3. The van der Waals surface area contributed by atoms with Crippen molar-refractivity contribution in [2.75, 3.05) is 6.54 Å². The van der Waals surface area contributed by atoms with E-state index in [2.05, 4.69) is 41.5 Å². The summed E-state index contributed by atoms with van der Waals surface area (Å²) in [7, 11) is 1.85. The maximum atomic E-state index is 4.27. The number of aromatic nitrogens is 5. The van der Waals surface area contributed by atoms with Crippen molar-refractivity contribution in [2.45, 2.75) is 13.0 Å². The van der Waals surface area contributed by atoms with Gasteiger partial charge in [0, 0.05) is 19.4 Å². The number of aryl methyl sites for hydroxylation is 1. The van der Waals surface area contributed by atoms with Gasteiger partial charge in [0.15, 0.2) is 10.4 Å². The quantitative estimate of drug-likeness (QED) is 0.914. The Bertz CT molecular complexity index is 463. The lowest BCUT2D eigenvalue weighted by atomic mass is 10.2. The first-order valence-electron chi connectivity index (χ1n) is 5.29. The molecule has 0 aromatic carbocycles. The Kier molecular flexibility index (Phi) is 3.80. The van der Waals surface area contributed by atoms with Crippen molar-refractivity contribution in [2.24, 2.45) is 7.05 Å². The Morgan fingerprint density at radius 2 is 2.12 bits per heavy atom. The van der Waals surface area contributed by atoms with E-state index in [0.717, 1.165) is 12.2 Å². The Labute approximate surface area is 108 Å². The predicted octanol–water partition coefficient (Wildman–Crippen LogP) is 1.07. The molecule has 1 unspecified atom stereocenters. The first kappa shape index (κ1) is 12.1. The molecular weight excluding hydrogens is 284 g/mol. The van der Waals surface area contributed by atoms with Crippen LogP contribution in [0.1, 0.15) is 24.5 Å². The molecule has 17 heavy (non-hydrogen) atoms. The third kappa shape index (κ3) is 2.50. The summed E-state index contributed by atoms with van der Waals surface area (Å²) >= 11 is 3.40. The maximum absolute atomic E-state index is 4.27. The molecule has 0 amide bonds. The minimum absolute atomic E-state index is 0.115. The molecule has 0 saturated carbocycles. The van der Waals surface area contributed by atoms with Crippen LogP contribution < -0.4 is 5.32 Å². The van der Waals surface area contributed by atoms with Crippen LogP contribution in [-0.2, 0) is 7.05 Å². The molecule has 2 aromatic rings. The number of hydrogen-bond acceptors (Lipinski definition) is 5. The summed E-state index contributed by atoms with van der Waals surface area (Å²) in [6, 6.07) is 1.68. The minimum atomic E-state index is -0.115. The van der Waals surface area contributed by atoms with Gasteiger partial charge in [0.2, 0.25) is 0 Å². The van der Waals surface area contributed by atoms with Gasteiger partial charge in [0.1, 0.15) is 6.04 Å². The van der Waals surface area contributed by atoms with E-state index in [9.17, 15) is 0 Å². The molecule has 0 saturated heterocycles.